The van der Waals surface area contributed by atoms with Crippen molar-refractivity contribution >= 4 is 11.9 Å². The molecule has 1 amide bonds. The highest BCUT2D eigenvalue weighted by atomic mass is 19.4. The number of carbonyl (C=O) groups excluding carboxylic acids is 1. The van der Waals surface area contributed by atoms with Crippen LogP contribution in [0.15, 0.2) is 0 Å². The first-order valence-electron chi connectivity index (χ1n) is 6.46. The summed E-state index contributed by atoms with van der Waals surface area (Å²) in [4.78, 5) is 22.8. The molecule has 0 heterocycles. The van der Waals surface area contributed by atoms with E-state index in [1.54, 1.807) is 0 Å². The predicted molar refractivity (Wildman–Crippen MR) is 64.9 cm³/mol. The number of carbonyl (C=O) groups is 2. The van der Waals surface area contributed by atoms with Gasteiger partial charge < -0.3 is 15.7 Å². The molecule has 0 aromatic carbocycles. The van der Waals surface area contributed by atoms with E-state index in [4.69, 9.17) is 10.8 Å². The molecule has 5 nitrogen and oxygen atoms in total. The summed E-state index contributed by atoms with van der Waals surface area (Å²) in [5.74, 6) is -2.33. The third-order valence-corrected chi connectivity index (χ3v) is 3.40. The van der Waals surface area contributed by atoms with Crippen molar-refractivity contribution in [2.24, 2.45) is 5.73 Å². The Morgan fingerprint density at radius 2 is 1.75 bits per heavy atom. The Morgan fingerprint density at radius 3 is 2.20 bits per heavy atom. The molecule has 0 spiro atoms. The van der Waals surface area contributed by atoms with Crippen LogP contribution in [0.5, 0.6) is 0 Å². The molecular formula is C12H19F3N2O3. The number of aliphatic carboxylic acids is 1. The van der Waals surface area contributed by atoms with Crippen LogP contribution in [0.3, 0.4) is 0 Å². The summed E-state index contributed by atoms with van der Waals surface area (Å²) in [6, 6.07) is 0. The molecule has 116 valence electrons. The highest BCUT2D eigenvalue weighted by Crippen LogP contribution is 2.29. The van der Waals surface area contributed by atoms with Gasteiger partial charge >= 0.3 is 12.1 Å². The second-order valence-corrected chi connectivity index (χ2v) is 5.36. The van der Waals surface area contributed by atoms with Gasteiger partial charge in [0.05, 0.1) is 0 Å². The molecule has 0 radical (unpaired) electrons. The number of halogens is 3. The zero-order valence-corrected chi connectivity index (χ0v) is 11.1. The monoisotopic (exact) mass is 296 g/mol. The van der Waals surface area contributed by atoms with Gasteiger partial charge in [-0.25, -0.2) is 0 Å². The summed E-state index contributed by atoms with van der Waals surface area (Å²) in [6.45, 7) is -2.53. The van der Waals surface area contributed by atoms with Gasteiger partial charge in [-0.15, -0.1) is 0 Å². The predicted octanol–water partition coefficient (Wildman–Crippen LogP) is 1.51. The molecule has 0 bridgehead atoms. The van der Waals surface area contributed by atoms with Gasteiger partial charge in [-0.05, 0) is 12.8 Å². The second-order valence-electron chi connectivity index (χ2n) is 5.36. The maximum absolute atomic E-state index is 12.4. The van der Waals surface area contributed by atoms with Gasteiger partial charge in [0.2, 0.25) is 5.91 Å². The lowest BCUT2D eigenvalue weighted by atomic mass is 9.80. The van der Waals surface area contributed by atoms with Crippen LogP contribution in [0.4, 0.5) is 13.2 Å². The highest BCUT2D eigenvalue weighted by Gasteiger charge is 2.37. The molecule has 1 aliphatic rings. The number of hydrogen-bond acceptors (Lipinski definition) is 3. The molecule has 1 saturated carbocycles. The zero-order chi connectivity index (χ0) is 15.4. The lowest BCUT2D eigenvalue weighted by Crippen LogP contribution is -2.49. The normalized spacial score (nSPS) is 18.6. The minimum Gasteiger partial charge on any atom is -0.480 e. The Labute approximate surface area is 114 Å². The number of amides is 1. The van der Waals surface area contributed by atoms with Crippen molar-refractivity contribution in [2.75, 3.05) is 13.1 Å². The Morgan fingerprint density at radius 1 is 1.20 bits per heavy atom. The van der Waals surface area contributed by atoms with Crippen molar-refractivity contribution in [3.8, 4) is 0 Å². The van der Waals surface area contributed by atoms with Gasteiger partial charge in [-0.2, -0.15) is 13.2 Å². The number of hydrogen-bond donors (Lipinski definition) is 2. The van der Waals surface area contributed by atoms with E-state index in [1.165, 1.54) is 0 Å². The number of nitrogens with two attached hydrogens (primary N) is 1. The van der Waals surface area contributed by atoms with E-state index in [2.05, 4.69) is 0 Å². The van der Waals surface area contributed by atoms with E-state index in [0.717, 1.165) is 19.3 Å². The molecule has 1 fully saturated rings. The van der Waals surface area contributed by atoms with Crippen molar-refractivity contribution in [1.82, 2.24) is 4.90 Å². The van der Waals surface area contributed by atoms with E-state index in [9.17, 15) is 22.8 Å². The van der Waals surface area contributed by atoms with Crippen LogP contribution in [0.2, 0.25) is 0 Å². The third-order valence-electron chi connectivity index (χ3n) is 3.40. The van der Waals surface area contributed by atoms with Crippen molar-refractivity contribution in [2.45, 2.75) is 50.2 Å². The topological polar surface area (TPSA) is 83.6 Å². The molecule has 3 N–H and O–H groups in total. The molecule has 0 unspecified atom stereocenters. The molecule has 0 aliphatic heterocycles. The Kier molecular flexibility index (Phi) is 5.38. The number of carboxylic acid groups (broad SMARTS) is 1. The molecule has 8 heteroatoms. The van der Waals surface area contributed by atoms with Gasteiger partial charge in [-0.3, -0.25) is 9.59 Å². The van der Waals surface area contributed by atoms with E-state index >= 15 is 0 Å². The van der Waals surface area contributed by atoms with Gasteiger partial charge in [0.25, 0.3) is 0 Å². The molecule has 1 rings (SSSR count). The quantitative estimate of drug-likeness (QED) is 0.805. The molecule has 1 aliphatic carbocycles. The van der Waals surface area contributed by atoms with Crippen LogP contribution >= 0.6 is 0 Å². The van der Waals surface area contributed by atoms with Crippen molar-refractivity contribution < 1.29 is 27.9 Å². The zero-order valence-electron chi connectivity index (χ0n) is 11.1. The fraction of sp³-hybridized carbons (Fsp3) is 0.833. The SMILES string of the molecule is NC1(CC(=O)N(CC(=O)O)CC(F)(F)F)CCCCC1. The van der Waals surface area contributed by atoms with Crippen LogP contribution in [-0.4, -0.2) is 46.7 Å². The summed E-state index contributed by atoms with van der Waals surface area (Å²) in [7, 11) is 0. The lowest BCUT2D eigenvalue weighted by Gasteiger charge is -2.34. The lowest BCUT2D eigenvalue weighted by molar-refractivity contribution is -0.166. The summed E-state index contributed by atoms with van der Waals surface area (Å²) < 4.78 is 37.1. The number of alkyl halides is 3. The maximum atomic E-state index is 12.4. The fourth-order valence-electron chi connectivity index (χ4n) is 2.46. The number of rotatable bonds is 5. The third kappa shape index (κ3) is 5.77. The first kappa shape index (κ1) is 16.7. The molecular weight excluding hydrogens is 277 g/mol. The Balaban J connectivity index is 2.69. The minimum atomic E-state index is -4.63. The van der Waals surface area contributed by atoms with Crippen LogP contribution in [0.1, 0.15) is 38.5 Å². The Bertz CT molecular complexity index is 365. The molecule has 0 aromatic heterocycles. The van der Waals surface area contributed by atoms with E-state index in [0.29, 0.717) is 17.7 Å². The summed E-state index contributed by atoms with van der Waals surface area (Å²) in [5.41, 5.74) is 5.21. The van der Waals surface area contributed by atoms with Crippen LogP contribution in [0.25, 0.3) is 0 Å². The van der Waals surface area contributed by atoms with Gasteiger partial charge in [0.1, 0.15) is 13.1 Å². The van der Waals surface area contributed by atoms with Crippen molar-refractivity contribution in [3.05, 3.63) is 0 Å². The van der Waals surface area contributed by atoms with Crippen LogP contribution in [-0.2, 0) is 9.59 Å². The van der Waals surface area contributed by atoms with Gasteiger partial charge in [-0.1, -0.05) is 19.3 Å². The highest BCUT2D eigenvalue weighted by molar-refractivity contribution is 5.82. The molecule has 0 saturated heterocycles. The van der Waals surface area contributed by atoms with E-state index < -0.39 is 36.7 Å². The van der Waals surface area contributed by atoms with Gasteiger partial charge in [0.15, 0.2) is 0 Å². The first-order valence-corrected chi connectivity index (χ1v) is 6.46. The second kappa shape index (κ2) is 6.43. The van der Waals surface area contributed by atoms with Gasteiger partial charge in [0, 0.05) is 12.0 Å². The maximum Gasteiger partial charge on any atom is 0.406 e. The summed E-state index contributed by atoms with van der Waals surface area (Å²) >= 11 is 0. The van der Waals surface area contributed by atoms with E-state index in [-0.39, 0.29) is 6.42 Å². The number of nitrogens with zero attached hydrogens (tertiary/aromatic N) is 1. The standard InChI is InChI=1S/C12H19F3N2O3/c13-12(14,15)8-17(7-10(19)20)9(18)6-11(16)4-2-1-3-5-11/h1-8,16H2,(H,19,20). The average Bonchev–Trinajstić information content (AvgIpc) is 2.25. The fourth-order valence-corrected chi connectivity index (χ4v) is 2.46. The van der Waals surface area contributed by atoms with Crippen LogP contribution in [0, 0.1) is 0 Å². The first-order chi connectivity index (χ1) is 9.11. The molecule has 20 heavy (non-hydrogen) atoms. The smallest absolute Gasteiger partial charge is 0.406 e. The average molecular weight is 296 g/mol. The number of carboxylic acids is 1. The molecule has 0 aromatic rings. The summed E-state index contributed by atoms with van der Waals surface area (Å²) in [6.07, 6.45) is -1.05. The Hall–Kier alpha value is -1.31. The van der Waals surface area contributed by atoms with Crippen LogP contribution < -0.4 is 5.73 Å². The van der Waals surface area contributed by atoms with Crippen molar-refractivity contribution in [1.29, 1.82) is 0 Å². The largest absolute Gasteiger partial charge is 0.480 e. The van der Waals surface area contributed by atoms with E-state index in [1.807, 2.05) is 0 Å². The minimum absolute atomic E-state index is 0.240. The summed E-state index contributed by atoms with van der Waals surface area (Å²) in [5, 5.41) is 8.61. The molecule has 0 atom stereocenters. The van der Waals surface area contributed by atoms with Crippen molar-refractivity contribution in [3.63, 3.8) is 0 Å².